The van der Waals surface area contributed by atoms with Crippen molar-refractivity contribution in [3.05, 3.63) is 85.1 Å². The van der Waals surface area contributed by atoms with Gasteiger partial charge in [0.1, 0.15) is 12.1 Å². The molecule has 0 bridgehead atoms. The van der Waals surface area contributed by atoms with Crippen LogP contribution in [0.5, 0.6) is 0 Å². The van der Waals surface area contributed by atoms with E-state index in [0.717, 1.165) is 64.2 Å². The zero-order valence-electron chi connectivity index (χ0n) is 36.1. The van der Waals surface area contributed by atoms with Gasteiger partial charge in [0.2, 0.25) is 0 Å². The molecule has 0 saturated heterocycles. The topological polar surface area (TPSA) is 155 Å². The van der Waals surface area contributed by atoms with Crippen molar-refractivity contribution in [2.24, 2.45) is 5.73 Å². The second-order valence-corrected chi connectivity index (χ2v) is 15.9. The third-order valence-electron chi connectivity index (χ3n) is 8.94. The Labute approximate surface area is 352 Å². The van der Waals surface area contributed by atoms with Gasteiger partial charge in [0.15, 0.2) is 0 Å². The molecule has 3 unspecified atom stereocenters. The molecule has 0 aromatic heterocycles. The minimum Gasteiger partial charge on any atom is -0.480 e. The minimum atomic E-state index is -4.63. The van der Waals surface area contributed by atoms with Crippen LogP contribution in [0.15, 0.2) is 85.1 Å². The van der Waals surface area contributed by atoms with Crippen molar-refractivity contribution < 1.29 is 42.7 Å². The van der Waals surface area contributed by atoms with E-state index < -0.39 is 45.1 Å². The fourth-order valence-corrected chi connectivity index (χ4v) is 6.31. The summed E-state index contributed by atoms with van der Waals surface area (Å²) in [6.45, 7) is 3.68. The molecule has 11 heteroatoms. The van der Waals surface area contributed by atoms with Crippen LogP contribution in [0, 0.1) is 0 Å². The largest absolute Gasteiger partial charge is 0.480 e. The van der Waals surface area contributed by atoms with Crippen LogP contribution in [0.2, 0.25) is 0 Å². The third-order valence-corrected chi connectivity index (χ3v) is 9.89. The van der Waals surface area contributed by atoms with Crippen molar-refractivity contribution in [3.63, 3.8) is 0 Å². The van der Waals surface area contributed by atoms with E-state index >= 15 is 0 Å². The SMILES string of the molecule is CC/C=C\C/C=C\C/C=C\C/C=C\C/C=C\C/C=C\C/C=C\CCCC(=O)OC(COCCCCCCCCCCCCCCC)COP(=O)(O)OCC(N)C(=O)O. The molecule has 3 atom stereocenters. The summed E-state index contributed by atoms with van der Waals surface area (Å²) in [7, 11) is -4.63. The number of phosphoric ester groups is 1. The number of esters is 1. The van der Waals surface area contributed by atoms with Crippen molar-refractivity contribution in [1.29, 1.82) is 0 Å². The first-order valence-electron chi connectivity index (χ1n) is 22.1. The van der Waals surface area contributed by atoms with Crippen molar-refractivity contribution in [3.8, 4) is 0 Å². The van der Waals surface area contributed by atoms with Crippen LogP contribution in [-0.4, -0.2) is 60.5 Å². The molecule has 10 nitrogen and oxygen atoms in total. The van der Waals surface area contributed by atoms with Gasteiger partial charge in [0, 0.05) is 13.0 Å². The Kier molecular flexibility index (Phi) is 40.2. The zero-order chi connectivity index (χ0) is 42.6. The van der Waals surface area contributed by atoms with Gasteiger partial charge in [-0.2, -0.15) is 0 Å². The van der Waals surface area contributed by atoms with Crippen LogP contribution in [0.3, 0.4) is 0 Å². The molecule has 0 amide bonds. The highest BCUT2D eigenvalue weighted by Gasteiger charge is 2.27. The first-order chi connectivity index (χ1) is 28.2. The maximum atomic E-state index is 12.6. The third kappa shape index (κ3) is 41.3. The normalized spacial score (nSPS) is 14.7. The lowest BCUT2D eigenvalue weighted by Crippen LogP contribution is -2.34. The molecular weight excluding hydrogens is 753 g/mol. The van der Waals surface area contributed by atoms with E-state index in [1.807, 2.05) is 6.08 Å². The molecule has 0 aliphatic heterocycles. The number of allylic oxidation sites excluding steroid dienone is 14. The lowest BCUT2D eigenvalue weighted by Gasteiger charge is -2.20. The summed E-state index contributed by atoms with van der Waals surface area (Å²) >= 11 is 0. The van der Waals surface area contributed by atoms with E-state index in [2.05, 4.69) is 92.8 Å². The summed E-state index contributed by atoms with van der Waals surface area (Å²) in [4.78, 5) is 33.5. The van der Waals surface area contributed by atoms with E-state index in [-0.39, 0.29) is 13.0 Å². The molecule has 0 spiro atoms. The summed E-state index contributed by atoms with van der Waals surface area (Å²) in [6.07, 6.45) is 53.6. The number of phosphoric acid groups is 1. The Bertz CT molecular complexity index is 1240. The number of unbranched alkanes of at least 4 members (excludes halogenated alkanes) is 13. The number of ether oxygens (including phenoxy) is 2. The molecule has 0 radical (unpaired) electrons. The highest BCUT2D eigenvalue weighted by Crippen LogP contribution is 2.43. The maximum Gasteiger partial charge on any atom is 0.472 e. The molecule has 0 aromatic carbocycles. The first kappa shape index (κ1) is 55.2. The van der Waals surface area contributed by atoms with Crippen molar-refractivity contribution >= 4 is 19.8 Å². The minimum absolute atomic E-state index is 0.00943. The molecule has 332 valence electrons. The van der Waals surface area contributed by atoms with Crippen LogP contribution in [0.25, 0.3) is 0 Å². The fraction of sp³-hybridized carbons (Fsp3) is 0.660. The number of hydrogen-bond acceptors (Lipinski definition) is 8. The van der Waals surface area contributed by atoms with Crippen LogP contribution >= 0.6 is 7.82 Å². The molecule has 0 aliphatic rings. The lowest BCUT2D eigenvalue weighted by atomic mass is 10.0. The second-order valence-electron chi connectivity index (χ2n) is 14.4. The van der Waals surface area contributed by atoms with E-state index in [1.54, 1.807) is 0 Å². The van der Waals surface area contributed by atoms with Crippen LogP contribution < -0.4 is 5.73 Å². The van der Waals surface area contributed by atoms with Gasteiger partial charge in [-0.3, -0.25) is 18.6 Å². The number of hydrogen-bond donors (Lipinski definition) is 3. The Hall–Kier alpha value is -2.85. The molecular formula is C47H80NO9P. The van der Waals surface area contributed by atoms with Gasteiger partial charge in [-0.05, 0) is 64.2 Å². The number of rotatable bonds is 41. The number of carbonyl (C=O) groups is 2. The summed E-state index contributed by atoms with van der Waals surface area (Å²) in [5.41, 5.74) is 5.35. The molecule has 0 saturated carbocycles. The fourth-order valence-electron chi connectivity index (χ4n) is 5.53. The molecule has 0 rings (SSSR count). The van der Waals surface area contributed by atoms with Gasteiger partial charge in [-0.15, -0.1) is 0 Å². The van der Waals surface area contributed by atoms with Gasteiger partial charge in [0.25, 0.3) is 0 Å². The van der Waals surface area contributed by atoms with Crippen molar-refractivity contribution in [2.45, 2.75) is 174 Å². The molecule has 0 aromatic rings. The van der Waals surface area contributed by atoms with E-state index in [9.17, 15) is 19.0 Å². The van der Waals surface area contributed by atoms with Crippen LogP contribution in [-0.2, 0) is 32.7 Å². The number of aliphatic carboxylic acids is 1. The summed E-state index contributed by atoms with van der Waals surface area (Å²) < 4.78 is 33.3. The number of carboxylic acids is 1. The van der Waals surface area contributed by atoms with Gasteiger partial charge >= 0.3 is 19.8 Å². The van der Waals surface area contributed by atoms with Gasteiger partial charge in [0.05, 0.1) is 19.8 Å². The Morgan fingerprint density at radius 3 is 1.43 bits per heavy atom. The molecule has 0 heterocycles. The summed E-state index contributed by atoms with van der Waals surface area (Å²) in [5, 5.41) is 8.89. The average molecular weight is 834 g/mol. The molecule has 0 fully saturated rings. The average Bonchev–Trinajstić information content (AvgIpc) is 3.20. The smallest absolute Gasteiger partial charge is 0.472 e. The van der Waals surface area contributed by atoms with Gasteiger partial charge < -0.3 is 25.2 Å². The zero-order valence-corrected chi connectivity index (χ0v) is 37.0. The van der Waals surface area contributed by atoms with E-state index in [0.29, 0.717) is 19.4 Å². The number of carboxylic acid groups (broad SMARTS) is 1. The standard InChI is InChI=1S/C47H80NO9P/c1-3-5-7-9-11-13-15-17-18-19-20-21-22-23-24-25-26-27-29-31-33-35-37-39-46(49)57-44(42-55-58(52,53)56-43-45(48)47(50)51)41-54-40-38-36-34-32-30-28-16-14-12-10-8-6-4-2/h5,7,11,13,17-18,20-21,23-24,26-27,31,33,44-45H,3-4,6,8-10,12,14-16,19,22,25,28-30,32,34-43,48H2,1-2H3,(H,50,51)(H,52,53)/b7-5-,13-11-,18-17-,21-20-,24-23-,27-26-,33-31-. The predicted molar refractivity (Wildman–Crippen MR) is 240 cm³/mol. The molecule has 4 N–H and O–H groups in total. The highest BCUT2D eigenvalue weighted by atomic mass is 31.2. The second kappa shape index (κ2) is 42.3. The van der Waals surface area contributed by atoms with Gasteiger partial charge in [-0.25, -0.2) is 4.57 Å². The maximum absolute atomic E-state index is 12.6. The van der Waals surface area contributed by atoms with Crippen molar-refractivity contribution in [2.75, 3.05) is 26.4 Å². The Morgan fingerprint density at radius 1 is 0.569 bits per heavy atom. The Balaban J connectivity index is 4.35. The first-order valence-corrected chi connectivity index (χ1v) is 23.6. The van der Waals surface area contributed by atoms with E-state index in [4.69, 9.17) is 29.4 Å². The molecule has 0 aliphatic carbocycles. The van der Waals surface area contributed by atoms with Crippen molar-refractivity contribution in [1.82, 2.24) is 0 Å². The number of nitrogens with two attached hydrogens (primary N) is 1. The quantitative estimate of drug-likeness (QED) is 0.0235. The summed E-state index contributed by atoms with van der Waals surface area (Å²) in [6, 6.07) is -1.49. The monoisotopic (exact) mass is 834 g/mol. The van der Waals surface area contributed by atoms with Crippen LogP contribution in [0.1, 0.15) is 162 Å². The Morgan fingerprint density at radius 2 is 0.983 bits per heavy atom. The summed E-state index contributed by atoms with van der Waals surface area (Å²) in [5.74, 6) is -1.85. The number of carbonyl (C=O) groups excluding carboxylic acids is 1. The van der Waals surface area contributed by atoms with Gasteiger partial charge in [-0.1, -0.05) is 176 Å². The van der Waals surface area contributed by atoms with E-state index in [1.165, 1.54) is 64.2 Å². The molecule has 58 heavy (non-hydrogen) atoms. The van der Waals surface area contributed by atoms with Crippen LogP contribution in [0.4, 0.5) is 0 Å². The highest BCUT2D eigenvalue weighted by molar-refractivity contribution is 7.47. The lowest BCUT2D eigenvalue weighted by molar-refractivity contribution is -0.154. The predicted octanol–water partition coefficient (Wildman–Crippen LogP) is 12.4.